The fourth-order valence-corrected chi connectivity index (χ4v) is 2.03. The van der Waals surface area contributed by atoms with E-state index in [0.29, 0.717) is 0 Å². The molecule has 0 amide bonds. The van der Waals surface area contributed by atoms with Crippen LogP contribution >= 0.6 is 0 Å². The summed E-state index contributed by atoms with van der Waals surface area (Å²) in [6.07, 6.45) is 3.74. The fraction of sp³-hybridized carbons (Fsp3) is 0.353. The van der Waals surface area contributed by atoms with Crippen molar-refractivity contribution in [2.75, 3.05) is 7.11 Å². The minimum Gasteiger partial charge on any atom is -0.493 e. The van der Waals surface area contributed by atoms with Crippen molar-refractivity contribution in [3.8, 4) is 11.5 Å². The van der Waals surface area contributed by atoms with Gasteiger partial charge < -0.3 is 14.8 Å². The van der Waals surface area contributed by atoms with Gasteiger partial charge in [0, 0.05) is 25.5 Å². The minimum absolute atomic E-state index is 0.134. The first-order chi connectivity index (χ1) is 10.2. The van der Waals surface area contributed by atoms with Gasteiger partial charge in [-0.25, -0.2) is 0 Å². The highest BCUT2D eigenvalue weighted by Gasteiger charge is 2.07. The molecule has 1 N–H and O–H groups in total. The summed E-state index contributed by atoms with van der Waals surface area (Å²) in [5, 5.41) is 3.41. The molecule has 4 nitrogen and oxygen atoms in total. The van der Waals surface area contributed by atoms with E-state index >= 15 is 0 Å². The molecule has 0 radical (unpaired) electrons. The van der Waals surface area contributed by atoms with Gasteiger partial charge in [-0.2, -0.15) is 0 Å². The summed E-state index contributed by atoms with van der Waals surface area (Å²) in [4.78, 5) is 4.01. The maximum Gasteiger partial charge on any atom is 0.161 e. The largest absolute Gasteiger partial charge is 0.493 e. The Bertz CT molecular complexity index is 556. The molecule has 1 aromatic heterocycles. The molecule has 0 saturated heterocycles. The molecule has 0 aliphatic carbocycles. The lowest BCUT2D eigenvalue weighted by Crippen LogP contribution is -2.13. The average Bonchev–Trinajstić information content (AvgIpc) is 2.49. The van der Waals surface area contributed by atoms with Crippen LogP contribution in [0.3, 0.4) is 0 Å². The summed E-state index contributed by atoms with van der Waals surface area (Å²) in [5.74, 6) is 1.55. The van der Waals surface area contributed by atoms with Crippen LogP contribution in [0.15, 0.2) is 42.7 Å². The molecule has 0 aliphatic heterocycles. The molecule has 1 heterocycles. The molecule has 0 spiro atoms. The van der Waals surface area contributed by atoms with Crippen LogP contribution in [0.4, 0.5) is 0 Å². The summed E-state index contributed by atoms with van der Waals surface area (Å²) in [6.45, 7) is 5.60. The maximum absolute atomic E-state index is 5.71. The van der Waals surface area contributed by atoms with Crippen molar-refractivity contribution < 1.29 is 9.47 Å². The lowest BCUT2D eigenvalue weighted by atomic mass is 10.2. The van der Waals surface area contributed by atoms with E-state index in [0.717, 1.165) is 30.2 Å². The Hall–Kier alpha value is -2.07. The number of methoxy groups -OCH3 is 1. The van der Waals surface area contributed by atoms with Gasteiger partial charge in [0.1, 0.15) is 0 Å². The molecule has 112 valence electrons. The summed E-state index contributed by atoms with van der Waals surface area (Å²) >= 11 is 0. The van der Waals surface area contributed by atoms with Gasteiger partial charge in [-0.1, -0.05) is 6.07 Å². The van der Waals surface area contributed by atoms with Crippen LogP contribution in [-0.2, 0) is 13.1 Å². The van der Waals surface area contributed by atoms with Crippen molar-refractivity contribution in [2.24, 2.45) is 0 Å². The number of hydrogen-bond acceptors (Lipinski definition) is 4. The Morgan fingerprint density at radius 1 is 1.00 bits per heavy atom. The van der Waals surface area contributed by atoms with Gasteiger partial charge in [-0.05, 0) is 49.2 Å². The van der Waals surface area contributed by atoms with Gasteiger partial charge in [-0.3, -0.25) is 4.98 Å². The van der Waals surface area contributed by atoms with Crippen LogP contribution in [0, 0.1) is 0 Å². The van der Waals surface area contributed by atoms with Gasteiger partial charge in [0.15, 0.2) is 11.5 Å². The molecule has 0 aliphatic rings. The fourth-order valence-electron chi connectivity index (χ4n) is 2.03. The molecular formula is C17H22N2O2. The number of nitrogens with zero attached hydrogens (tertiary/aromatic N) is 1. The molecule has 0 fully saturated rings. The van der Waals surface area contributed by atoms with E-state index < -0.39 is 0 Å². The molecule has 1 aromatic carbocycles. The molecule has 0 atom stereocenters. The third-order valence-electron chi connectivity index (χ3n) is 3.00. The van der Waals surface area contributed by atoms with Gasteiger partial charge in [-0.15, -0.1) is 0 Å². The summed E-state index contributed by atoms with van der Waals surface area (Å²) in [7, 11) is 1.66. The molecule has 4 heteroatoms. The summed E-state index contributed by atoms with van der Waals surface area (Å²) < 4.78 is 11.1. The van der Waals surface area contributed by atoms with Crippen LogP contribution in [0.2, 0.25) is 0 Å². The van der Waals surface area contributed by atoms with E-state index in [-0.39, 0.29) is 6.10 Å². The van der Waals surface area contributed by atoms with Crippen molar-refractivity contribution >= 4 is 0 Å². The Morgan fingerprint density at radius 2 is 1.71 bits per heavy atom. The first-order valence-corrected chi connectivity index (χ1v) is 7.12. The highest BCUT2D eigenvalue weighted by Crippen LogP contribution is 2.28. The van der Waals surface area contributed by atoms with E-state index in [9.17, 15) is 0 Å². The van der Waals surface area contributed by atoms with Gasteiger partial charge in [0.05, 0.1) is 13.2 Å². The molecule has 2 aromatic rings. The molecule has 2 rings (SSSR count). The van der Waals surface area contributed by atoms with Crippen LogP contribution in [0.25, 0.3) is 0 Å². The Morgan fingerprint density at radius 3 is 2.38 bits per heavy atom. The first-order valence-electron chi connectivity index (χ1n) is 7.12. The third-order valence-corrected chi connectivity index (χ3v) is 3.00. The molecule has 0 bridgehead atoms. The van der Waals surface area contributed by atoms with Crippen molar-refractivity contribution in [1.82, 2.24) is 10.3 Å². The molecule has 0 saturated carbocycles. The highest BCUT2D eigenvalue weighted by atomic mass is 16.5. The second kappa shape index (κ2) is 7.64. The Labute approximate surface area is 126 Å². The summed E-state index contributed by atoms with van der Waals surface area (Å²) in [6, 6.07) is 10.0. The standard InChI is InChI=1S/C17H22N2O2/c1-13(2)21-16-5-4-15(10-17(16)20-3)12-19-11-14-6-8-18-9-7-14/h4-10,13,19H,11-12H2,1-3H3. The Balaban J connectivity index is 1.94. The number of aromatic nitrogens is 1. The van der Waals surface area contributed by atoms with E-state index in [1.54, 1.807) is 19.5 Å². The zero-order valence-electron chi connectivity index (χ0n) is 12.8. The average molecular weight is 286 g/mol. The number of rotatable bonds is 7. The zero-order chi connectivity index (χ0) is 15.1. The van der Waals surface area contributed by atoms with E-state index in [2.05, 4.69) is 16.4 Å². The third kappa shape index (κ3) is 4.76. The van der Waals surface area contributed by atoms with Gasteiger partial charge >= 0.3 is 0 Å². The van der Waals surface area contributed by atoms with Crippen molar-refractivity contribution in [3.63, 3.8) is 0 Å². The van der Waals surface area contributed by atoms with Crippen LogP contribution < -0.4 is 14.8 Å². The lowest BCUT2D eigenvalue weighted by Gasteiger charge is -2.14. The molecule has 0 unspecified atom stereocenters. The second-order valence-corrected chi connectivity index (χ2v) is 5.11. The van der Waals surface area contributed by atoms with Crippen molar-refractivity contribution in [1.29, 1.82) is 0 Å². The topological polar surface area (TPSA) is 43.4 Å². The van der Waals surface area contributed by atoms with Crippen LogP contribution in [-0.4, -0.2) is 18.2 Å². The Kier molecular flexibility index (Phi) is 5.58. The number of ether oxygens (including phenoxy) is 2. The number of benzene rings is 1. The van der Waals surface area contributed by atoms with E-state index in [1.807, 2.05) is 38.1 Å². The molecule has 21 heavy (non-hydrogen) atoms. The van der Waals surface area contributed by atoms with E-state index in [1.165, 1.54) is 5.56 Å². The predicted molar refractivity (Wildman–Crippen MR) is 83.5 cm³/mol. The lowest BCUT2D eigenvalue weighted by molar-refractivity contribution is 0.230. The normalized spacial score (nSPS) is 10.7. The van der Waals surface area contributed by atoms with E-state index in [4.69, 9.17) is 9.47 Å². The first kappa shape index (κ1) is 15.3. The maximum atomic E-state index is 5.71. The van der Waals surface area contributed by atoms with Gasteiger partial charge in [0.25, 0.3) is 0 Å². The number of pyridine rings is 1. The SMILES string of the molecule is COc1cc(CNCc2ccncc2)ccc1OC(C)C. The number of nitrogens with one attached hydrogen (secondary N) is 1. The van der Waals surface area contributed by atoms with Crippen LogP contribution in [0.1, 0.15) is 25.0 Å². The van der Waals surface area contributed by atoms with Crippen molar-refractivity contribution in [2.45, 2.75) is 33.0 Å². The predicted octanol–water partition coefficient (Wildman–Crippen LogP) is 3.17. The van der Waals surface area contributed by atoms with Gasteiger partial charge in [0.2, 0.25) is 0 Å². The van der Waals surface area contributed by atoms with Crippen molar-refractivity contribution in [3.05, 3.63) is 53.9 Å². The monoisotopic (exact) mass is 286 g/mol. The second-order valence-electron chi connectivity index (χ2n) is 5.11. The zero-order valence-corrected chi connectivity index (χ0v) is 12.8. The van der Waals surface area contributed by atoms with Crippen LogP contribution in [0.5, 0.6) is 11.5 Å². The number of hydrogen-bond donors (Lipinski definition) is 1. The minimum atomic E-state index is 0.134. The molecular weight excluding hydrogens is 264 g/mol. The quantitative estimate of drug-likeness (QED) is 0.849. The summed E-state index contributed by atoms with van der Waals surface area (Å²) in [5.41, 5.74) is 2.38. The smallest absolute Gasteiger partial charge is 0.161 e. The highest BCUT2D eigenvalue weighted by molar-refractivity contribution is 5.43.